The van der Waals surface area contributed by atoms with Crippen molar-refractivity contribution in [3.05, 3.63) is 39.8 Å². The van der Waals surface area contributed by atoms with Gasteiger partial charge in [0.25, 0.3) is 0 Å². The van der Waals surface area contributed by atoms with Crippen LogP contribution >= 0.6 is 11.3 Å². The van der Waals surface area contributed by atoms with Gasteiger partial charge in [-0.1, -0.05) is 6.07 Å². The van der Waals surface area contributed by atoms with Crippen LogP contribution in [0.15, 0.2) is 23.1 Å². The Morgan fingerprint density at radius 3 is 2.70 bits per heavy atom. The molecule has 1 aromatic carbocycles. The maximum absolute atomic E-state index is 13.4. The van der Waals surface area contributed by atoms with E-state index < -0.39 is 15.8 Å². The van der Waals surface area contributed by atoms with E-state index in [9.17, 15) is 23.0 Å². The molecule has 0 bridgehead atoms. The standard InChI is InChI=1S/C25H31F2N5O3S2/c1-4-35-19-7-15(5-6-21(19)37(29,30)34)8-22(33)31-23-17(12-28)18-14-32(13-16-9-25(26,27)10-16)24(2,3)11-20(18)36-23/h5-7,16H,4,8-11,13-14H2,1-3H3,(H,31,33)(H3,29,30,34). The van der Waals surface area contributed by atoms with Gasteiger partial charge in [-0.2, -0.15) is 5.26 Å². The highest BCUT2D eigenvalue weighted by Gasteiger charge is 2.47. The zero-order valence-corrected chi connectivity index (χ0v) is 22.7. The number of carbonyl (C=O) groups excluding carboxylic acids is 1. The van der Waals surface area contributed by atoms with Crippen molar-refractivity contribution in [1.29, 1.82) is 10.0 Å². The summed E-state index contributed by atoms with van der Waals surface area (Å²) >= 11 is 1.38. The van der Waals surface area contributed by atoms with Crippen molar-refractivity contribution in [2.75, 3.05) is 18.5 Å². The third-order valence-electron chi connectivity index (χ3n) is 6.91. The van der Waals surface area contributed by atoms with Crippen molar-refractivity contribution in [1.82, 2.24) is 4.90 Å². The monoisotopic (exact) mass is 551 g/mol. The number of benzene rings is 1. The average molecular weight is 552 g/mol. The lowest BCUT2D eigenvalue weighted by molar-refractivity contribution is -0.122. The van der Waals surface area contributed by atoms with Gasteiger partial charge in [0.15, 0.2) is 0 Å². The highest BCUT2D eigenvalue weighted by atomic mass is 32.2. The zero-order chi connectivity index (χ0) is 27.2. The molecule has 1 unspecified atom stereocenters. The molecule has 4 N–H and O–H groups in total. The van der Waals surface area contributed by atoms with E-state index in [0.717, 1.165) is 10.4 Å². The second kappa shape index (κ2) is 9.94. The number of hydrogen-bond acceptors (Lipinski definition) is 7. The normalized spacial score (nSPS) is 20.2. The molecule has 1 amide bonds. The first kappa shape index (κ1) is 27.4. The lowest BCUT2D eigenvalue weighted by Crippen LogP contribution is -2.52. The maximum Gasteiger partial charge on any atom is 0.248 e. The SMILES string of the molecule is CCOc1cc(CC(=O)Nc2sc3c(c2C#N)CN(CC2CC(F)(F)C2)C(C)(C)C3)ccc1S(=N)(N)=O. The third-order valence-corrected chi connectivity index (χ3v) is 9.04. The summed E-state index contributed by atoms with van der Waals surface area (Å²) in [5.74, 6) is -2.76. The number of amides is 1. The van der Waals surface area contributed by atoms with Crippen LogP contribution in [0.1, 0.15) is 55.2 Å². The molecule has 0 saturated heterocycles. The molecule has 2 aromatic rings. The lowest BCUT2D eigenvalue weighted by atomic mass is 9.79. The van der Waals surface area contributed by atoms with Gasteiger partial charge in [-0.05, 0) is 44.4 Å². The first-order chi connectivity index (χ1) is 17.2. The minimum Gasteiger partial charge on any atom is -0.493 e. The number of nitrogens with zero attached hydrogens (tertiary/aromatic N) is 2. The van der Waals surface area contributed by atoms with Gasteiger partial charge in [0.2, 0.25) is 11.8 Å². The van der Waals surface area contributed by atoms with Crippen molar-refractivity contribution < 1.29 is 22.5 Å². The number of ether oxygens (including phenoxy) is 1. The Bertz CT molecular complexity index is 1360. The van der Waals surface area contributed by atoms with E-state index in [0.29, 0.717) is 35.6 Å². The molecule has 1 atom stereocenters. The summed E-state index contributed by atoms with van der Waals surface area (Å²) in [6.45, 7) is 7.21. The summed E-state index contributed by atoms with van der Waals surface area (Å²) in [4.78, 5) is 16.2. The molecule has 4 rings (SSSR count). The number of nitrogens with two attached hydrogens (primary N) is 1. The van der Waals surface area contributed by atoms with Gasteiger partial charge in [-0.3, -0.25) is 9.69 Å². The van der Waals surface area contributed by atoms with E-state index in [4.69, 9.17) is 14.7 Å². The van der Waals surface area contributed by atoms with Crippen LogP contribution in [-0.2, 0) is 34.1 Å². The number of rotatable bonds is 8. The molecule has 0 spiro atoms. The van der Waals surface area contributed by atoms with Crippen LogP contribution in [0.2, 0.25) is 0 Å². The largest absolute Gasteiger partial charge is 0.493 e. The lowest BCUT2D eigenvalue weighted by Gasteiger charge is -2.46. The van der Waals surface area contributed by atoms with Gasteiger partial charge >= 0.3 is 0 Å². The van der Waals surface area contributed by atoms with Crippen molar-refractivity contribution in [3.8, 4) is 11.8 Å². The summed E-state index contributed by atoms with van der Waals surface area (Å²) in [7, 11) is -3.49. The highest BCUT2D eigenvalue weighted by Crippen LogP contribution is 2.46. The van der Waals surface area contributed by atoms with Gasteiger partial charge in [-0.15, -0.1) is 11.3 Å². The van der Waals surface area contributed by atoms with Gasteiger partial charge in [0.05, 0.1) is 18.6 Å². The number of nitriles is 1. The van der Waals surface area contributed by atoms with Crippen molar-refractivity contribution in [2.45, 2.75) is 69.4 Å². The number of thiophene rings is 1. The number of carbonyl (C=O) groups is 1. The van der Waals surface area contributed by atoms with Crippen LogP contribution in [-0.4, -0.2) is 39.6 Å². The van der Waals surface area contributed by atoms with E-state index in [1.807, 2.05) is 0 Å². The minimum absolute atomic E-state index is 0.0228. The van der Waals surface area contributed by atoms with Crippen LogP contribution in [0.3, 0.4) is 0 Å². The topological polar surface area (TPSA) is 132 Å². The van der Waals surface area contributed by atoms with E-state index in [2.05, 4.69) is 30.1 Å². The number of anilines is 1. The minimum atomic E-state index is -3.49. The first-order valence-electron chi connectivity index (χ1n) is 12.0. The summed E-state index contributed by atoms with van der Waals surface area (Å²) < 4.78 is 51.9. The van der Waals surface area contributed by atoms with Gasteiger partial charge in [-0.25, -0.2) is 22.9 Å². The Hall–Kier alpha value is -2.59. The fraction of sp³-hybridized carbons (Fsp3) is 0.520. The fourth-order valence-electron chi connectivity index (χ4n) is 5.01. The zero-order valence-electron chi connectivity index (χ0n) is 21.0. The molecule has 12 heteroatoms. The maximum atomic E-state index is 13.4. The summed E-state index contributed by atoms with van der Waals surface area (Å²) in [5, 5.41) is 18.7. The quantitative estimate of drug-likeness (QED) is 0.439. The fourth-order valence-corrected chi connectivity index (χ4v) is 7.10. The van der Waals surface area contributed by atoms with Crippen LogP contribution in [0.5, 0.6) is 5.75 Å². The Labute approximate surface area is 219 Å². The second-order valence-corrected chi connectivity index (χ2v) is 13.1. The van der Waals surface area contributed by atoms with E-state index >= 15 is 0 Å². The van der Waals surface area contributed by atoms with Crippen LogP contribution in [0, 0.1) is 22.0 Å². The van der Waals surface area contributed by atoms with Crippen molar-refractivity contribution >= 4 is 32.2 Å². The first-order valence-corrected chi connectivity index (χ1v) is 14.5. The number of halogens is 2. The second-order valence-electron chi connectivity index (χ2n) is 10.4. The van der Waals surface area contributed by atoms with Gasteiger partial charge in [0.1, 0.15) is 31.6 Å². The molecule has 1 aliphatic heterocycles. The number of fused-ring (bicyclic) bond motifs is 1. The van der Waals surface area contributed by atoms with Gasteiger partial charge in [0, 0.05) is 48.3 Å². The molecule has 0 radical (unpaired) electrons. The molecule has 8 nitrogen and oxygen atoms in total. The molecule has 2 heterocycles. The molecule has 1 fully saturated rings. The molecule has 200 valence electrons. The van der Waals surface area contributed by atoms with Gasteiger partial charge < -0.3 is 10.1 Å². The molecule has 2 aliphatic rings. The number of alkyl halides is 2. The summed E-state index contributed by atoms with van der Waals surface area (Å²) in [6.07, 6.45) is 0.438. The average Bonchev–Trinajstić information content (AvgIpc) is 3.06. The summed E-state index contributed by atoms with van der Waals surface area (Å²) in [6, 6.07) is 6.79. The van der Waals surface area contributed by atoms with Crippen LogP contribution in [0.4, 0.5) is 13.8 Å². The molecular weight excluding hydrogens is 520 g/mol. The third kappa shape index (κ3) is 5.95. The molecule has 1 aromatic heterocycles. The van der Waals surface area contributed by atoms with Crippen LogP contribution < -0.4 is 15.2 Å². The predicted octanol–water partition coefficient (Wildman–Crippen LogP) is 4.66. The molecular formula is C25H31F2N5O3S2. The van der Waals surface area contributed by atoms with Crippen molar-refractivity contribution in [2.24, 2.45) is 11.1 Å². The highest BCUT2D eigenvalue weighted by molar-refractivity contribution is 7.90. The predicted molar refractivity (Wildman–Crippen MR) is 138 cm³/mol. The van der Waals surface area contributed by atoms with E-state index in [-0.39, 0.29) is 53.9 Å². The molecule has 37 heavy (non-hydrogen) atoms. The van der Waals surface area contributed by atoms with Crippen molar-refractivity contribution in [3.63, 3.8) is 0 Å². The Balaban J connectivity index is 1.50. The summed E-state index contributed by atoms with van der Waals surface area (Å²) in [5.41, 5.74) is 1.59. The smallest absolute Gasteiger partial charge is 0.248 e. The molecule has 1 aliphatic carbocycles. The van der Waals surface area contributed by atoms with Crippen LogP contribution in [0.25, 0.3) is 0 Å². The number of nitrogens with one attached hydrogen (secondary N) is 2. The van der Waals surface area contributed by atoms with E-state index in [1.165, 1.54) is 17.4 Å². The Kier molecular flexibility index (Phi) is 7.38. The Morgan fingerprint density at radius 1 is 1.41 bits per heavy atom. The Morgan fingerprint density at radius 2 is 2.11 bits per heavy atom. The van der Waals surface area contributed by atoms with E-state index in [1.54, 1.807) is 19.1 Å². The molecule has 1 saturated carbocycles. The number of hydrogen-bond donors (Lipinski definition) is 3.